The van der Waals surface area contributed by atoms with Gasteiger partial charge in [0.15, 0.2) is 0 Å². The summed E-state index contributed by atoms with van der Waals surface area (Å²) in [5, 5.41) is 4.36. The van der Waals surface area contributed by atoms with Gasteiger partial charge in [0.2, 0.25) is 10.0 Å². The molecule has 0 spiro atoms. The number of hydrogen-bond acceptors (Lipinski definition) is 5. The monoisotopic (exact) mass is 473 g/mol. The number of benzene rings is 1. The van der Waals surface area contributed by atoms with Gasteiger partial charge in [-0.1, -0.05) is 13.8 Å². The first-order valence-corrected chi connectivity index (χ1v) is 13.0. The molecule has 0 radical (unpaired) electrons. The fourth-order valence-corrected chi connectivity index (χ4v) is 6.01. The first kappa shape index (κ1) is 23.4. The van der Waals surface area contributed by atoms with E-state index >= 15 is 0 Å². The zero-order valence-electron chi connectivity index (χ0n) is 19.2. The van der Waals surface area contributed by atoms with Crippen molar-refractivity contribution in [1.82, 2.24) is 23.9 Å². The number of carbonyl (C=O) groups is 2. The Morgan fingerprint density at radius 3 is 2.12 bits per heavy atom. The fraction of sp³-hybridized carbons (Fsp3) is 0.522. The Kier molecular flexibility index (Phi) is 6.85. The Hall–Kier alpha value is -2.72. The van der Waals surface area contributed by atoms with Crippen molar-refractivity contribution >= 4 is 21.8 Å². The van der Waals surface area contributed by atoms with Crippen LogP contribution in [-0.2, 0) is 23.0 Å². The van der Waals surface area contributed by atoms with Crippen molar-refractivity contribution in [2.45, 2.75) is 44.6 Å². The van der Waals surface area contributed by atoms with Crippen molar-refractivity contribution < 1.29 is 18.0 Å². The van der Waals surface area contributed by atoms with Crippen LogP contribution in [0, 0.1) is 0 Å². The van der Waals surface area contributed by atoms with E-state index in [4.69, 9.17) is 0 Å². The smallest absolute Gasteiger partial charge is 0.257 e. The Labute approximate surface area is 195 Å². The second-order valence-electron chi connectivity index (χ2n) is 8.38. The topological polar surface area (TPSA) is 95.8 Å². The molecule has 0 bridgehead atoms. The first-order valence-electron chi connectivity index (χ1n) is 11.6. The number of nitrogens with zero attached hydrogens (tertiary/aromatic N) is 5. The van der Waals surface area contributed by atoms with Gasteiger partial charge in [-0.2, -0.15) is 9.40 Å². The van der Waals surface area contributed by atoms with Crippen molar-refractivity contribution in [2.24, 2.45) is 0 Å². The molecule has 33 heavy (non-hydrogen) atoms. The number of amides is 2. The minimum absolute atomic E-state index is 0.0174. The van der Waals surface area contributed by atoms with E-state index in [1.807, 2.05) is 4.68 Å². The zero-order chi connectivity index (χ0) is 23.6. The van der Waals surface area contributed by atoms with Crippen molar-refractivity contribution in [1.29, 1.82) is 0 Å². The number of aryl methyl sites for hydroxylation is 1. The number of sulfonamides is 1. The summed E-state index contributed by atoms with van der Waals surface area (Å²) in [5.41, 5.74) is 2.14. The first-order chi connectivity index (χ1) is 15.9. The van der Waals surface area contributed by atoms with E-state index in [1.165, 1.54) is 16.4 Å². The largest absolute Gasteiger partial charge is 0.335 e. The van der Waals surface area contributed by atoms with Crippen LogP contribution in [0.15, 0.2) is 35.4 Å². The summed E-state index contributed by atoms with van der Waals surface area (Å²) in [4.78, 5) is 29.7. The van der Waals surface area contributed by atoms with E-state index in [-0.39, 0.29) is 16.7 Å². The molecule has 2 aliphatic heterocycles. The molecule has 0 saturated carbocycles. The highest BCUT2D eigenvalue weighted by atomic mass is 32.2. The maximum Gasteiger partial charge on any atom is 0.257 e. The lowest BCUT2D eigenvalue weighted by molar-refractivity contribution is 0.0534. The van der Waals surface area contributed by atoms with Gasteiger partial charge in [-0.05, 0) is 43.5 Å². The molecule has 2 aromatic rings. The molecule has 0 N–H and O–H groups in total. The average Bonchev–Trinajstić information content (AvgIpc) is 3.28. The standard InChI is InChI=1S/C23H31N5O4S/c1-3-27(4-2)33(31,32)19-10-8-18(9-11-19)22(29)25-13-15-26(16-14-25)23(30)20-17-24-28-12-6-5-7-21(20)28/h8-11,17H,3-7,12-16H2,1-2H3. The van der Waals surface area contributed by atoms with Crippen LogP contribution in [0.4, 0.5) is 0 Å². The predicted octanol–water partition coefficient (Wildman–Crippen LogP) is 1.85. The second kappa shape index (κ2) is 9.64. The number of hydrogen-bond donors (Lipinski definition) is 0. The molecule has 0 aliphatic carbocycles. The maximum absolute atomic E-state index is 13.0. The van der Waals surface area contributed by atoms with Gasteiger partial charge in [0.1, 0.15) is 0 Å². The Balaban J connectivity index is 1.38. The molecule has 1 aromatic carbocycles. The third kappa shape index (κ3) is 4.54. The number of piperazine rings is 1. The van der Waals surface area contributed by atoms with Crippen LogP contribution >= 0.6 is 0 Å². The molecule has 1 aromatic heterocycles. The van der Waals surface area contributed by atoms with Crippen molar-refractivity contribution in [3.05, 3.63) is 47.3 Å². The summed E-state index contributed by atoms with van der Waals surface area (Å²) in [5.74, 6) is -0.173. The lowest BCUT2D eigenvalue weighted by atomic mass is 10.1. The van der Waals surface area contributed by atoms with E-state index < -0.39 is 10.0 Å². The highest BCUT2D eigenvalue weighted by molar-refractivity contribution is 7.89. The molecule has 10 heteroatoms. The summed E-state index contributed by atoms with van der Waals surface area (Å²) < 4.78 is 28.6. The van der Waals surface area contributed by atoms with Gasteiger partial charge in [0, 0.05) is 51.4 Å². The quantitative estimate of drug-likeness (QED) is 0.638. The van der Waals surface area contributed by atoms with Crippen LogP contribution in [-0.4, -0.2) is 83.4 Å². The molecule has 2 amide bonds. The molecule has 0 unspecified atom stereocenters. The highest BCUT2D eigenvalue weighted by Crippen LogP contribution is 2.21. The van der Waals surface area contributed by atoms with Crippen LogP contribution in [0.3, 0.4) is 0 Å². The Morgan fingerprint density at radius 2 is 1.52 bits per heavy atom. The number of rotatable bonds is 6. The van der Waals surface area contributed by atoms with Crippen LogP contribution in [0.1, 0.15) is 53.1 Å². The summed E-state index contributed by atoms with van der Waals surface area (Å²) in [6.07, 6.45) is 4.71. The SMILES string of the molecule is CCN(CC)S(=O)(=O)c1ccc(C(=O)N2CCN(C(=O)c3cnn4c3CCCC4)CC2)cc1. The zero-order valence-corrected chi connectivity index (χ0v) is 20.1. The van der Waals surface area contributed by atoms with Crippen LogP contribution in [0.5, 0.6) is 0 Å². The lowest BCUT2D eigenvalue weighted by Crippen LogP contribution is -2.50. The molecule has 0 atom stereocenters. The minimum Gasteiger partial charge on any atom is -0.335 e. The number of carbonyl (C=O) groups excluding carboxylic acids is 2. The lowest BCUT2D eigenvalue weighted by Gasteiger charge is -2.35. The summed E-state index contributed by atoms with van der Waals surface area (Å²) >= 11 is 0. The van der Waals surface area contributed by atoms with Crippen molar-refractivity contribution in [3.8, 4) is 0 Å². The Bertz CT molecular complexity index is 1110. The van der Waals surface area contributed by atoms with Gasteiger partial charge >= 0.3 is 0 Å². The summed E-state index contributed by atoms with van der Waals surface area (Å²) in [6, 6.07) is 6.11. The number of aromatic nitrogens is 2. The Morgan fingerprint density at radius 1 is 0.909 bits per heavy atom. The average molecular weight is 474 g/mol. The van der Waals surface area contributed by atoms with Crippen LogP contribution < -0.4 is 0 Å². The van der Waals surface area contributed by atoms with Crippen LogP contribution in [0.2, 0.25) is 0 Å². The maximum atomic E-state index is 13.0. The minimum atomic E-state index is -3.56. The van der Waals surface area contributed by atoms with Crippen molar-refractivity contribution in [2.75, 3.05) is 39.3 Å². The summed E-state index contributed by atoms with van der Waals surface area (Å²) in [7, 11) is -3.56. The normalized spacial score (nSPS) is 16.7. The molecule has 1 fully saturated rings. The molecular weight excluding hydrogens is 442 g/mol. The second-order valence-corrected chi connectivity index (χ2v) is 10.3. The van der Waals surface area contributed by atoms with Gasteiger partial charge in [-0.15, -0.1) is 0 Å². The van der Waals surface area contributed by atoms with Crippen LogP contribution in [0.25, 0.3) is 0 Å². The fourth-order valence-electron chi connectivity index (χ4n) is 4.55. The molecule has 3 heterocycles. The third-order valence-electron chi connectivity index (χ3n) is 6.51. The number of fused-ring (bicyclic) bond motifs is 1. The van der Waals surface area contributed by atoms with Gasteiger partial charge in [0.25, 0.3) is 11.8 Å². The third-order valence-corrected chi connectivity index (χ3v) is 8.58. The molecule has 1 saturated heterocycles. The van der Waals surface area contributed by atoms with E-state index in [2.05, 4.69) is 5.10 Å². The van der Waals surface area contributed by atoms with Crippen molar-refractivity contribution in [3.63, 3.8) is 0 Å². The van der Waals surface area contributed by atoms with Gasteiger partial charge in [0.05, 0.1) is 22.3 Å². The van der Waals surface area contributed by atoms with E-state index in [0.717, 1.165) is 31.5 Å². The molecule has 9 nitrogen and oxygen atoms in total. The molecular formula is C23H31N5O4S. The van der Waals surface area contributed by atoms with E-state index in [0.29, 0.717) is 50.4 Å². The summed E-state index contributed by atoms with van der Waals surface area (Å²) in [6.45, 7) is 7.04. The predicted molar refractivity (Wildman–Crippen MR) is 124 cm³/mol. The van der Waals surface area contributed by atoms with E-state index in [9.17, 15) is 18.0 Å². The highest BCUT2D eigenvalue weighted by Gasteiger charge is 2.29. The van der Waals surface area contributed by atoms with Gasteiger partial charge < -0.3 is 9.80 Å². The van der Waals surface area contributed by atoms with E-state index in [1.54, 1.807) is 42.0 Å². The van der Waals surface area contributed by atoms with Gasteiger partial charge in [-0.3, -0.25) is 14.3 Å². The molecule has 2 aliphatic rings. The molecule has 178 valence electrons. The molecule has 4 rings (SSSR count). The van der Waals surface area contributed by atoms with Gasteiger partial charge in [-0.25, -0.2) is 8.42 Å².